The third-order valence-corrected chi connectivity index (χ3v) is 5.22. The number of thiophene rings is 1. The first-order chi connectivity index (χ1) is 16.0. The summed E-state index contributed by atoms with van der Waals surface area (Å²) in [6, 6.07) is 6.14. The van der Waals surface area contributed by atoms with Crippen LogP contribution in [0, 0.1) is 0 Å². The zero-order valence-electron chi connectivity index (χ0n) is 19.6. The molecule has 3 rings (SSSR count). The fourth-order valence-electron chi connectivity index (χ4n) is 3.05. The third kappa shape index (κ3) is 5.90. The Labute approximate surface area is 199 Å². The summed E-state index contributed by atoms with van der Waals surface area (Å²) < 4.78 is 24.0. The summed E-state index contributed by atoms with van der Waals surface area (Å²) in [7, 11) is 0. The Balaban J connectivity index is 2.13. The van der Waals surface area contributed by atoms with Crippen molar-refractivity contribution in [3.8, 4) is 11.4 Å². The Kier molecular flexibility index (Phi) is 7.55. The number of nitrogens with zero attached hydrogens (tertiary/aromatic N) is 2. The number of rotatable bonds is 7. The minimum atomic E-state index is -0.729. The highest BCUT2D eigenvalue weighted by Gasteiger charge is 2.24. The van der Waals surface area contributed by atoms with E-state index in [1.54, 1.807) is 50.4 Å². The van der Waals surface area contributed by atoms with Gasteiger partial charge in [0.2, 0.25) is 0 Å². The van der Waals surface area contributed by atoms with E-state index < -0.39 is 29.8 Å². The maximum absolute atomic E-state index is 13.4. The number of carbonyl (C=O) groups is 2. The summed E-state index contributed by atoms with van der Waals surface area (Å²) in [6.45, 7) is 8.09. The molecule has 3 aromatic rings. The number of anilines is 1. The molecule has 2 amide bonds. The second kappa shape index (κ2) is 10.2. The molecule has 0 radical (unpaired) electrons. The molecule has 0 bridgehead atoms. The lowest BCUT2D eigenvalue weighted by molar-refractivity contribution is 0.0636. The van der Waals surface area contributed by atoms with Crippen LogP contribution in [-0.4, -0.2) is 46.7 Å². The lowest BCUT2D eigenvalue weighted by atomic mass is 10.2. The van der Waals surface area contributed by atoms with Gasteiger partial charge in [0.05, 0.1) is 11.1 Å². The van der Waals surface area contributed by atoms with Crippen molar-refractivity contribution < 1.29 is 23.5 Å². The van der Waals surface area contributed by atoms with Gasteiger partial charge in [0.15, 0.2) is 5.69 Å². The smallest absolute Gasteiger partial charge is 0.412 e. The van der Waals surface area contributed by atoms with Crippen molar-refractivity contribution in [2.75, 3.05) is 18.6 Å². The van der Waals surface area contributed by atoms with Gasteiger partial charge in [-0.1, -0.05) is 0 Å². The summed E-state index contributed by atoms with van der Waals surface area (Å²) in [5, 5.41) is 12.0. The molecular weight excluding hydrogens is 463 g/mol. The molecule has 2 N–H and O–H groups in total. The van der Waals surface area contributed by atoms with Gasteiger partial charge in [-0.3, -0.25) is 14.9 Å². The molecule has 34 heavy (non-hydrogen) atoms. The van der Waals surface area contributed by atoms with Gasteiger partial charge in [-0.15, -0.1) is 11.3 Å². The Morgan fingerprint density at radius 3 is 2.47 bits per heavy atom. The monoisotopic (exact) mass is 490 g/mol. The Morgan fingerprint density at radius 1 is 1.21 bits per heavy atom. The lowest BCUT2D eigenvalue weighted by Crippen LogP contribution is -2.33. The number of alkyl halides is 1. The summed E-state index contributed by atoms with van der Waals surface area (Å²) >= 11 is 1.10. The van der Waals surface area contributed by atoms with Gasteiger partial charge >= 0.3 is 6.09 Å². The van der Waals surface area contributed by atoms with E-state index >= 15 is 0 Å². The number of ether oxygens (including phenoxy) is 2. The second-order valence-corrected chi connectivity index (χ2v) is 9.59. The van der Waals surface area contributed by atoms with E-state index in [0.29, 0.717) is 16.8 Å². The molecule has 182 valence electrons. The summed E-state index contributed by atoms with van der Waals surface area (Å²) in [6.07, 6.45) is -0.721. The van der Waals surface area contributed by atoms with Crippen LogP contribution in [0.15, 0.2) is 34.4 Å². The van der Waals surface area contributed by atoms with E-state index in [1.807, 2.05) is 13.8 Å². The highest BCUT2D eigenvalue weighted by atomic mass is 32.1. The quantitative estimate of drug-likeness (QED) is 0.511. The fraction of sp³-hybridized carbons (Fsp3) is 0.391. The van der Waals surface area contributed by atoms with Crippen LogP contribution in [0.25, 0.3) is 16.5 Å². The van der Waals surface area contributed by atoms with Crippen molar-refractivity contribution in [3.05, 3.63) is 45.7 Å². The fourth-order valence-corrected chi connectivity index (χ4v) is 3.97. The lowest BCUT2D eigenvalue weighted by Gasteiger charge is -2.19. The molecule has 0 unspecified atom stereocenters. The first kappa shape index (κ1) is 25.2. The van der Waals surface area contributed by atoms with Gasteiger partial charge in [0.1, 0.15) is 29.6 Å². The van der Waals surface area contributed by atoms with E-state index in [4.69, 9.17) is 9.47 Å². The predicted octanol–water partition coefficient (Wildman–Crippen LogP) is 4.28. The van der Waals surface area contributed by atoms with Gasteiger partial charge in [-0.2, -0.15) is 9.78 Å². The SMILES string of the molecule is CC(C)NC(=O)c1nn(-c2ccc(OCCF)cc2)c(=O)c2c(NC(=O)OC(C)(C)C)scc12. The maximum atomic E-state index is 13.4. The van der Waals surface area contributed by atoms with Crippen LogP contribution in [0.4, 0.5) is 14.2 Å². The molecular formula is C23H27FN4O5S. The zero-order chi connectivity index (χ0) is 25.0. The second-order valence-electron chi connectivity index (χ2n) is 8.71. The number of aromatic nitrogens is 2. The molecule has 0 fully saturated rings. The van der Waals surface area contributed by atoms with Crippen LogP contribution in [0.1, 0.15) is 45.1 Å². The van der Waals surface area contributed by atoms with Crippen molar-refractivity contribution in [1.29, 1.82) is 0 Å². The van der Waals surface area contributed by atoms with Crippen molar-refractivity contribution >= 4 is 39.1 Å². The van der Waals surface area contributed by atoms with Gasteiger partial charge < -0.3 is 14.8 Å². The Hall–Kier alpha value is -3.47. The van der Waals surface area contributed by atoms with Gasteiger partial charge in [-0.05, 0) is 58.9 Å². The Bertz CT molecular complexity index is 1250. The molecule has 0 saturated carbocycles. The number of amides is 2. The van der Waals surface area contributed by atoms with Crippen LogP contribution in [0.3, 0.4) is 0 Å². The number of benzene rings is 1. The van der Waals surface area contributed by atoms with Crippen molar-refractivity contribution in [2.24, 2.45) is 0 Å². The van der Waals surface area contributed by atoms with E-state index in [0.717, 1.165) is 16.0 Å². The summed E-state index contributed by atoms with van der Waals surface area (Å²) in [5.41, 5.74) is -0.851. The van der Waals surface area contributed by atoms with Crippen molar-refractivity contribution in [2.45, 2.75) is 46.3 Å². The number of hydrogen-bond acceptors (Lipinski definition) is 7. The minimum absolute atomic E-state index is 0.0366. The molecule has 9 nitrogen and oxygen atoms in total. The molecule has 1 aromatic carbocycles. The molecule has 0 aliphatic carbocycles. The van der Waals surface area contributed by atoms with Crippen LogP contribution in [0.2, 0.25) is 0 Å². The Morgan fingerprint density at radius 2 is 1.88 bits per heavy atom. The van der Waals surface area contributed by atoms with E-state index in [-0.39, 0.29) is 28.7 Å². The normalized spacial score (nSPS) is 11.5. The zero-order valence-corrected chi connectivity index (χ0v) is 20.4. The van der Waals surface area contributed by atoms with Crippen LogP contribution in [-0.2, 0) is 4.74 Å². The maximum Gasteiger partial charge on any atom is 0.412 e. The van der Waals surface area contributed by atoms with Crippen molar-refractivity contribution in [1.82, 2.24) is 15.1 Å². The molecule has 11 heteroatoms. The molecule has 2 aromatic heterocycles. The molecule has 0 atom stereocenters. The molecule has 2 heterocycles. The number of fused-ring (bicyclic) bond motifs is 1. The summed E-state index contributed by atoms with van der Waals surface area (Å²) in [4.78, 5) is 38.7. The van der Waals surface area contributed by atoms with E-state index in [2.05, 4.69) is 15.7 Å². The van der Waals surface area contributed by atoms with E-state index in [1.165, 1.54) is 0 Å². The standard InChI is InChI=1S/C23H27FN4O5S/c1-13(2)25-19(29)18-16-12-34-20(26-22(31)33-23(3,4)5)17(16)21(30)28(27-18)14-6-8-15(9-7-14)32-11-10-24/h6-9,12-13H,10-11H2,1-5H3,(H,25,29)(H,26,31). The number of halogens is 1. The van der Waals surface area contributed by atoms with E-state index in [9.17, 15) is 18.8 Å². The number of nitrogens with one attached hydrogen (secondary N) is 2. The van der Waals surface area contributed by atoms with Gasteiger partial charge in [0.25, 0.3) is 11.5 Å². The molecule has 0 aliphatic heterocycles. The molecule has 0 aliphatic rings. The topological polar surface area (TPSA) is 112 Å². The highest BCUT2D eigenvalue weighted by Crippen LogP contribution is 2.31. The number of carbonyl (C=O) groups excluding carboxylic acids is 2. The first-order valence-corrected chi connectivity index (χ1v) is 11.5. The van der Waals surface area contributed by atoms with Crippen LogP contribution >= 0.6 is 11.3 Å². The van der Waals surface area contributed by atoms with Gasteiger partial charge in [-0.25, -0.2) is 9.18 Å². The van der Waals surface area contributed by atoms with Crippen LogP contribution in [0.5, 0.6) is 5.75 Å². The van der Waals surface area contributed by atoms with Crippen molar-refractivity contribution in [3.63, 3.8) is 0 Å². The third-order valence-electron chi connectivity index (χ3n) is 4.33. The molecule has 0 spiro atoms. The summed E-state index contributed by atoms with van der Waals surface area (Å²) in [5.74, 6) is -0.0330. The predicted molar refractivity (Wildman–Crippen MR) is 129 cm³/mol. The average Bonchev–Trinajstić information content (AvgIpc) is 3.15. The minimum Gasteiger partial charge on any atom is -0.491 e. The largest absolute Gasteiger partial charge is 0.491 e. The highest BCUT2D eigenvalue weighted by molar-refractivity contribution is 7.16. The average molecular weight is 491 g/mol. The van der Waals surface area contributed by atoms with Crippen LogP contribution < -0.4 is 20.9 Å². The number of hydrogen-bond donors (Lipinski definition) is 2. The molecule has 0 saturated heterocycles. The van der Waals surface area contributed by atoms with Gasteiger partial charge in [0, 0.05) is 16.8 Å². The first-order valence-electron chi connectivity index (χ1n) is 10.6.